The highest BCUT2D eigenvalue weighted by Crippen LogP contribution is 2.14. The number of hydrogen-bond donors (Lipinski definition) is 0. The second-order valence-corrected chi connectivity index (χ2v) is 3.12. The van der Waals surface area contributed by atoms with Crippen LogP contribution in [-0.4, -0.2) is 6.54 Å². The van der Waals surface area contributed by atoms with E-state index < -0.39 is 0 Å². The zero-order valence-electron chi connectivity index (χ0n) is 8.52. The van der Waals surface area contributed by atoms with Crippen molar-refractivity contribution < 1.29 is 4.39 Å². The number of azide groups is 1. The molecule has 0 N–H and O–H groups in total. The van der Waals surface area contributed by atoms with Crippen LogP contribution >= 0.6 is 0 Å². The third-order valence-corrected chi connectivity index (χ3v) is 2.01. The first kappa shape index (κ1) is 11.3. The fourth-order valence-corrected chi connectivity index (χ4v) is 1.23. The highest BCUT2D eigenvalue weighted by Gasteiger charge is 1.99. The van der Waals surface area contributed by atoms with E-state index in [4.69, 9.17) is 5.53 Å². The first-order chi connectivity index (χ1) is 7.25. The molecule has 0 aliphatic rings. The molecule has 0 unspecified atom stereocenters. The van der Waals surface area contributed by atoms with Crippen LogP contribution in [0.25, 0.3) is 16.5 Å². The van der Waals surface area contributed by atoms with Crippen molar-refractivity contribution in [1.29, 1.82) is 0 Å². The Morgan fingerprint density at radius 3 is 3.00 bits per heavy atom. The Kier molecular flexibility index (Phi) is 4.38. The molecule has 78 valence electrons. The highest BCUT2D eigenvalue weighted by atomic mass is 19.1. The van der Waals surface area contributed by atoms with E-state index in [1.165, 1.54) is 6.07 Å². The van der Waals surface area contributed by atoms with E-state index >= 15 is 0 Å². The zero-order chi connectivity index (χ0) is 11.1. The molecule has 15 heavy (non-hydrogen) atoms. The molecule has 4 heteroatoms. The molecular weight excluding hydrogens is 193 g/mol. The van der Waals surface area contributed by atoms with E-state index in [-0.39, 0.29) is 5.82 Å². The van der Waals surface area contributed by atoms with Crippen molar-refractivity contribution >= 4 is 6.08 Å². The Morgan fingerprint density at radius 2 is 2.33 bits per heavy atom. The van der Waals surface area contributed by atoms with Crippen molar-refractivity contribution in [2.45, 2.75) is 13.3 Å². The quantitative estimate of drug-likeness (QED) is 0.310. The Labute approximate surface area is 87.9 Å². The fourth-order valence-electron chi connectivity index (χ4n) is 1.23. The molecule has 0 aliphatic carbocycles. The second-order valence-electron chi connectivity index (χ2n) is 3.12. The predicted octanol–water partition coefficient (Wildman–Crippen LogP) is 3.85. The SMILES string of the molecule is Cc1cccc(F)c1C=CCCN=[N+]=[N-]. The first-order valence-corrected chi connectivity index (χ1v) is 4.68. The molecule has 0 radical (unpaired) electrons. The molecule has 1 aromatic carbocycles. The molecule has 0 spiro atoms. The standard InChI is InChI=1S/C11H12FN3/c1-9-5-4-7-11(12)10(9)6-2-3-8-14-15-13/h2,4-7H,3,8H2,1H3. The van der Waals surface area contributed by atoms with Crippen LogP contribution < -0.4 is 0 Å². The van der Waals surface area contributed by atoms with E-state index in [2.05, 4.69) is 10.0 Å². The molecular formula is C11H12FN3. The summed E-state index contributed by atoms with van der Waals surface area (Å²) < 4.78 is 13.3. The summed E-state index contributed by atoms with van der Waals surface area (Å²) in [4.78, 5) is 2.63. The van der Waals surface area contributed by atoms with Crippen molar-refractivity contribution in [3.63, 3.8) is 0 Å². The molecule has 0 aliphatic heterocycles. The van der Waals surface area contributed by atoms with Gasteiger partial charge in [-0.25, -0.2) is 4.39 Å². The minimum Gasteiger partial charge on any atom is -0.206 e. The maximum absolute atomic E-state index is 13.3. The maximum Gasteiger partial charge on any atom is 0.130 e. The summed E-state index contributed by atoms with van der Waals surface area (Å²) in [6, 6.07) is 4.97. The van der Waals surface area contributed by atoms with Gasteiger partial charge in [0.05, 0.1) is 0 Å². The fraction of sp³-hybridized carbons (Fsp3) is 0.273. The average molecular weight is 205 g/mol. The van der Waals surface area contributed by atoms with Crippen molar-refractivity contribution in [3.8, 4) is 0 Å². The second kappa shape index (κ2) is 5.83. The lowest BCUT2D eigenvalue weighted by Gasteiger charge is -2.00. The summed E-state index contributed by atoms with van der Waals surface area (Å²) in [5.74, 6) is -0.227. The van der Waals surface area contributed by atoms with Gasteiger partial charge in [0.1, 0.15) is 5.82 Å². The average Bonchev–Trinajstić information content (AvgIpc) is 2.21. The van der Waals surface area contributed by atoms with Gasteiger partial charge < -0.3 is 0 Å². The topological polar surface area (TPSA) is 48.8 Å². The lowest BCUT2D eigenvalue weighted by atomic mass is 10.1. The number of nitrogens with zero attached hydrogens (tertiary/aromatic N) is 3. The van der Waals surface area contributed by atoms with Crippen molar-refractivity contribution in [1.82, 2.24) is 0 Å². The van der Waals surface area contributed by atoms with E-state index in [0.717, 1.165) is 5.56 Å². The summed E-state index contributed by atoms with van der Waals surface area (Å²) in [6.07, 6.45) is 4.15. The molecule has 0 bridgehead atoms. The van der Waals surface area contributed by atoms with Crippen LogP contribution in [0.2, 0.25) is 0 Å². The Hall–Kier alpha value is -1.80. The Balaban J connectivity index is 2.67. The normalized spacial score (nSPS) is 10.3. The van der Waals surface area contributed by atoms with E-state index in [1.807, 2.05) is 13.0 Å². The number of aryl methyl sites for hydroxylation is 1. The number of benzene rings is 1. The van der Waals surface area contributed by atoms with Gasteiger partial charge in [0.25, 0.3) is 0 Å². The summed E-state index contributed by atoms with van der Waals surface area (Å²) >= 11 is 0. The molecule has 0 saturated carbocycles. The molecule has 3 nitrogen and oxygen atoms in total. The van der Waals surface area contributed by atoms with Gasteiger partial charge in [-0.15, -0.1) is 0 Å². The molecule has 1 rings (SSSR count). The van der Waals surface area contributed by atoms with Crippen LogP contribution in [-0.2, 0) is 0 Å². The summed E-state index contributed by atoms with van der Waals surface area (Å²) in [5, 5.41) is 3.38. The largest absolute Gasteiger partial charge is 0.206 e. The van der Waals surface area contributed by atoms with Crippen molar-refractivity contribution in [3.05, 3.63) is 51.7 Å². The third-order valence-electron chi connectivity index (χ3n) is 2.01. The molecule has 0 aromatic heterocycles. The van der Waals surface area contributed by atoms with Gasteiger partial charge in [-0.3, -0.25) is 0 Å². The molecule has 0 atom stereocenters. The number of rotatable bonds is 4. The predicted molar refractivity (Wildman–Crippen MR) is 58.8 cm³/mol. The van der Waals surface area contributed by atoms with Crippen LogP contribution in [0.3, 0.4) is 0 Å². The first-order valence-electron chi connectivity index (χ1n) is 4.68. The van der Waals surface area contributed by atoms with Gasteiger partial charge >= 0.3 is 0 Å². The van der Waals surface area contributed by atoms with Gasteiger partial charge in [-0.05, 0) is 30.5 Å². The number of hydrogen-bond acceptors (Lipinski definition) is 1. The molecule has 0 amide bonds. The third kappa shape index (κ3) is 3.44. The molecule has 0 saturated heterocycles. The number of halogens is 1. The summed E-state index contributed by atoms with van der Waals surface area (Å²) in [7, 11) is 0. The highest BCUT2D eigenvalue weighted by molar-refractivity contribution is 5.54. The summed E-state index contributed by atoms with van der Waals surface area (Å²) in [5.41, 5.74) is 9.54. The molecule has 0 heterocycles. The van der Waals surface area contributed by atoms with Gasteiger partial charge in [-0.2, -0.15) is 0 Å². The van der Waals surface area contributed by atoms with Crippen molar-refractivity contribution in [2.24, 2.45) is 5.11 Å². The maximum atomic E-state index is 13.3. The van der Waals surface area contributed by atoms with Crippen LogP contribution in [0.4, 0.5) is 4.39 Å². The monoisotopic (exact) mass is 205 g/mol. The van der Waals surface area contributed by atoms with Crippen LogP contribution in [0.1, 0.15) is 17.5 Å². The van der Waals surface area contributed by atoms with Gasteiger partial charge in [0.15, 0.2) is 0 Å². The smallest absolute Gasteiger partial charge is 0.130 e. The summed E-state index contributed by atoms with van der Waals surface area (Å²) in [6.45, 7) is 2.26. The Bertz CT molecular complexity index is 386. The lowest BCUT2D eigenvalue weighted by molar-refractivity contribution is 0.623. The van der Waals surface area contributed by atoms with Crippen LogP contribution in [0.15, 0.2) is 29.4 Å². The van der Waals surface area contributed by atoms with E-state index in [1.54, 1.807) is 18.2 Å². The van der Waals surface area contributed by atoms with Crippen LogP contribution in [0.5, 0.6) is 0 Å². The van der Waals surface area contributed by atoms with E-state index in [9.17, 15) is 4.39 Å². The Morgan fingerprint density at radius 1 is 1.53 bits per heavy atom. The molecule has 1 aromatic rings. The zero-order valence-corrected chi connectivity index (χ0v) is 8.52. The van der Waals surface area contributed by atoms with Crippen LogP contribution in [0, 0.1) is 12.7 Å². The molecule has 0 fully saturated rings. The van der Waals surface area contributed by atoms with Gasteiger partial charge in [-0.1, -0.05) is 29.4 Å². The minimum atomic E-state index is -0.227. The van der Waals surface area contributed by atoms with E-state index in [0.29, 0.717) is 18.5 Å². The van der Waals surface area contributed by atoms with Crippen molar-refractivity contribution in [2.75, 3.05) is 6.54 Å². The lowest BCUT2D eigenvalue weighted by Crippen LogP contribution is -1.86. The van der Waals surface area contributed by atoms with Gasteiger partial charge in [0, 0.05) is 17.0 Å². The van der Waals surface area contributed by atoms with Gasteiger partial charge in [0.2, 0.25) is 0 Å². The minimum absolute atomic E-state index is 0.227.